The molecule has 0 aliphatic rings. The van der Waals surface area contributed by atoms with Crippen molar-refractivity contribution in [3.63, 3.8) is 0 Å². The van der Waals surface area contributed by atoms with Crippen molar-refractivity contribution in [3.8, 4) is 0 Å². The van der Waals surface area contributed by atoms with Gasteiger partial charge in [0.15, 0.2) is 5.13 Å². The summed E-state index contributed by atoms with van der Waals surface area (Å²) in [5.41, 5.74) is 1.02. The number of amides is 2. The molecule has 3 N–H and O–H groups in total. The normalized spacial score (nSPS) is 11.7. The lowest BCUT2D eigenvalue weighted by atomic mass is 10.1. The fourth-order valence-corrected chi connectivity index (χ4v) is 2.47. The molecule has 7 heteroatoms. The molecule has 2 amide bonds. The first kappa shape index (κ1) is 15.1. The lowest BCUT2D eigenvalue weighted by molar-refractivity contribution is -0.114. The summed E-state index contributed by atoms with van der Waals surface area (Å²) in [7, 11) is 0. The predicted molar refractivity (Wildman–Crippen MR) is 80.2 cm³/mol. The molecule has 1 heterocycles. The standard InChI is InChI=1S/C14H15N3O3S/c1-9(19)15-14-17-12(8-21-14)13(20)16-11(7-18)10-5-3-2-4-6-10/h2-6,8,11,18H,7H2,1H3,(H,16,20)(H,15,17,19)/t11-/m0/s1. The highest BCUT2D eigenvalue weighted by molar-refractivity contribution is 7.14. The number of hydrogen-bond acceptors (Lipinski definition) is 5. The average Bonchev–Trinajstić information content (AvgIpc) is 2.93. The topological polar surface area (TPSA) is 91.3 Å². The van der Waals surface area contributed by atoms with Gasteiger partial charge in [-0.15, -0.1) is 11.3 Å². The minimum absolute atomic E-state index is 0.207. The summed E-state index contributed by atoms with van der Waals surface area (Å²) in [4.78, 5) is 27.0. The van der Waals surface area contributed by atoms with Crippen LogP contribution in [0.2, 0.25) is 0 Å². The Morgan fingerprint density at radius 3 is 2.67 bits per heavy atom. The molecule has 6 nitrogen and oxygen atoms in total. The van der Waals surface area contributed by atoms with E-state index < -0.39 is 11.9 Å². The minimum Gasteiger partial charge on any atom is -0.394 e. The maximum Gasteiger partial charge on any atom is 0.271 e. The number of aliphatic hydroxyl groups excluding tert-OH is 1. The maximum absolute atomic E-state index is 12.1. The zero-order valence-corrected chi connectivity index (χ0v) is 12.2. The lowest BCUT2D eigenvalue weighted by Crippen LogP contribution is -2.31. The average molecular weight is 305 g/mol. The first-order chi connectivity index (χ1) is 10.1. The van der Waals surface area contributed by atoms with Crippen LogP contribution in [0.15, 0.2) is 35.7 Å². The summed E-state index contributed by atoms with van der Waals surface area (Å²) in [5, 5.41) is 16.6. The molecule has 0 aliphatic carbocycles. The summed E-state index contributed by atoms with van der Waals surface area (Å²) in [6.07, 6.45) is 0. The number of nitrogens with one attached hydrogen (secondary N) is 2. The third kappa shape index (κ3) is 4.11. The molecule has 1 aromatic heterocycles. The van der Waals surface area contributed by atoms with Crippen molar-refractivity contribution in [2.75, 3.05) is 11.9 Å². The van der Waals surface area contributed by atoms with E-state index in [1.165, 1.54) is 18.3 Å². The van der Waals surface area contributed by atoms with E-state index in [0.29, 0.717) is 5.13 Å². The summed E-state index contributed by atoms with van der Waals surface area (Å²) < 4.78 is 0. The second-order valence-corrected chi connectivity index (χ2v) is 5.20. The Kier molecular flexibility index (Phi) is 5.02. The highest BCUT2D eigenvalue weighted by atomic mass is 32.1. The first-order valence-corrected chi connectivity index (χ1v) is 7.18. The van der Waals surface area contributed by atoms with Gasteiger partial charge in [0.25, 0.3) is 5.91 Å². The number of anilines is 1. The zero-order valence-electron chi connectivity index (χ0n) is 11.4. The van der Waals surface area contributed by atoms with Gasteiger partial charge in [-0.05, 0) is 5.56 Å². The number of hydrogen-bond donors (Lipinski definition) is 3. The van der Waals surface area contributed by atoms with Crippen molar-refractivity contribution in [1.82, 2.24) is 10.3 Å². The molecule has 2 aromatic rings. The molecule has 1 atom stereocenters. The van der Waals surface area contributed by atoms with Crippen molar-refractivity contribution < 1.29 is 14.7 Å². The van der Waals surface area contributed by atoms with Gasteiger partial charge in [-0.2, -0.15) is 0 Å². The van der Waals surface area contributed by atoms with Crippen LogP contribution in [0.3, 0.4) is 0 Å². The minimum atomic E-state index is -0.496. The molecule has 0 fully saturated rings. The van der Waals surface area contributed by atoms with E-state index in [1.54, 1.807) is 5.38 Å². The summed E-state index contributed by atoms with van der Waals surface area (Å²) in [6, 6.07) is 8.68. The van der Waals surface area contributed by atoms with Crippen LogP contribution in [0.4, 0.5) is 5.13 Å². The fraction of sp³-hybridized carbons (Fsp3) is 0.214. The molecule has 1 aromatic carbocycles. The van der Waals surface area contributed by atoms with Gasteiger partial charge >= 0.3 is 0 Å². The molecule has 2 rings (SSSR count). The SMILES string of the molecule is CC(=O)Nc1nc(C(=O)N[C@@H](CO)c2ccccc2)cs1. The van der Waals surface area contributed by atoms with E-state index in [4.69, 9.17) is 0 Å². The monoisotopic (exact) mass is 305 g/mol. The largest absolute Gasteiger partial charge is 0.394 e. The van der Waals surface area contributed by atoms with E-state index in [9.17, 15) is 14.7 Å². The fourth-order valence-electron chi connectivity index (χ4n) is 1.74. The van der Waals surface area contributed by atoms with Gasteiger partial charge in [-0.25, -0.2) is 4.98 Å². The van der Waals surface area contributed by atoms with E-state index >= 15 is 0 Å². The van der Waals surface area contributed by atoms with Gasteiger partial charge in [0.2, 0.25) is 5.91 Å². The Bertz CT molecular complexity index is 627. The number of nitrogens with zero attached hydrogens (tertiary/aromatic N) is 1. The number of carbonyl (C=O) groups is 2. The van der Waals surface area contributed by atoms with Gasteiger partial charge in [-0.3, -0.25) is 9.59 Å². The van der Waals surface area contributed by atoms with Gasteiger partial charge in [0.05, 0.1) is 12.6 Å². The third-order valence-electron chi connectivity index (χ3n) is 2.71. The van der Waals surface area contributed by atoms with Crippen LogP contribution in [-0.4, -0.2) is 28.5 Å². The van der Waals surface area contributed by atoms with Crippen LogP contribution >= 0.6 is 11.3 Å². The number of carbonyl (C=O) groups excluding carboxylic acids is 2. The maximum atomic E-state index is 12.1. The Balaban J connectivity index is 2.06. The van der Waals surface area contributed by atoms with Crippen LogP contribution in [0.5, 0.6) is 0 Å². The highest BCUT2D eigenvalue weighted by Gasteiger charge is 2.17. The lowest BCUT2D eigenvalue weighted by Gasteiger charge is -2.15. The zero-order chi connectivity index (χ0) is 15.2. The Morgan fingerprint density at radius 2 is 2.05 bits per heavy atom. The van der Waals surface area contributed by atoms with Crippen molar-refractivity contribution in [3.05, 3.63) is 47.0 Å². The van der Waals surface area contributed by atoms with E-state index in [-0.39, 0.29) is 18.2 Å². The quantitative estimate of drug-likeness (QED) is 0.782. The molecule has 0 saturated heterocycles. The first-order valence-electron chi connectivity index (χ1n) is 6.30. The predicted octanol–water partition coefficient (Wildman–Crippen LogP) is 1.56. The number of aliphatic hydroxyl groups is 1. The molecule has 0 spiro atoms. The van der Waals surface area contributed by atoms with Crippen LogP contribution < -0.4 is 10.6 Å². The second-order valence-electron chi connectivity index (χ2n) is 4.34. The van der Waals surface area contributed by atoms with Crippen LogP contribution in [0.1, 0.15) is 29.0 Å². The molecular formula is C14H15N3O3S. The molecule has 0 bridgehead atoms. The van der Waals surface area contributed by atoms with Crippen LogP contribution in [0, 0.1) is 0 Å². The van der Waals surface area contributed by atoms with Gasteiger partial charge in [-0.1, -0.05) is 30.3 Å². The summed E-state index contributed by atoms with van der Waals surface area (Å²) >= 11 is 1.17. The number of benzene rings is 1. The third-order valence-corrected chi connectivity index (χ3v) is 3.47. The van der Waals surface area contributed by atoms with Crippen molar-refractivity contribution in [1.29, 1.82) is 0 Å². The summed E-state index contributed by atoms with van der Waals surface area (Å²) in [6.45, 7) is 1.16. The van der Waals surface area contributed by atoms with Crippen LogP contribution in [-0.2, 0) is 4.79 Å². The second kappa shape index (κ2) is 6.96. The van der Waals surface area contributed by atoms with Gasteiger partial charge in [0, 0.05) is 12.3 Å². The molecule has 110 valence electrons. The Morgan fingerprint density at radius 1 is 1.33 bits per heavy atom. The van der Waals surface area contributed by atoms with Gasteiger partial charge < -0.3 is 15.7 Å². The highest BCUT2D eigenvalue weighted by Crippen LogP contribution is 2.17. The Labute approximate surface area is 125 Å². The molecule has 21 heavy (non-hydrogen) atoms. The van der Waals surface area contributed by atoms with Crippen LogP contribution in [0.25, 0.3) is 0 Å². The number of rotatable bonds is 5. The summed E-state index contributed by atoms with van der Waals surface area (Å²) in [5.74, 6) is -0.639. The smallest absolute Gasteiger partial charge is 0.271 e. The van der Waals surface area contributed by atoms with Gasteiger partial charge in [0.1, 0.15) is 5.69 Å². The van der Waals surface area contributed by atoms with E-state index in [0.717, 1.165) is 5.56 Å². The number of aromatic nitrogens is 1. The molecule has 0 aliphatic heterocycles. The van der Waals surface area contributed by atoms with E-state index in [1.807, 2.05) is 30.3 Å². The van der Waals surface area contributed by atoms with Crippen molar-refractivity contribution >= 4 is 28.3 Å². The number of thiazole rings is 1. The molecule has 0 radical (unpaired) electrons. The van der Waals surface area contributed by atoms with Crippen molar-refractivity contribution in [2.24, 2.45) is 0 Å². The molecule has 0 unspecified atom stereocenters. The van der Waals surface area contributed by atoms with Crippen molar-refractivity contribution in [2.45, 2.75) is 13.0 Å². The molecule has 0 saturated carbocycles. The van der Waals surface area contributed by atoms with E-state index in [2.05, 4.69) is 15.6 Å². The Hall–Kier alpha value is -2.25. The molecular weight excluding hydrogens is 290 g/mol.